The normalized spacial score (nSPS) is 12.2. The van der Waals surface area contributed by atoms with E-state index in [0.717, 1.165) is 22.3 Å². The van der Waals surface area contributed by atoms with Crippen molar-refractivity contribution >= 4 is 17.4 Å². The molecule has 3 aromatic carbocycles. The number of pyridine rings is 1. The molecule has 6 N–H and O–H groups in total. The van der Waals surface area contributed by atoms with Crippen LogP contribution in [0.3, 0.4) is 0 Å². The standard InChI is InChI=1S/C31H34N4O3/c1-31(2,34-20-28(37)25-12-14-29(32)33-19-25)18-22-8-6-7-21(15-22)16-30(38)35-26-17-24(11-13-27(26)36)23-9-4-3-5-10-23/h3-15,17,19,28,34,36-37H,16,18,20H2,1-2H3,(H2,32,33)(H,35,38)/t28-/m0/s1. The van der Waals surface area contributed by atoms with Crippen molar-refractivity contribution in [2.24, 2.45) is 0 Å². The molecule has 4 aromatic rings. The summed E-state index contributed by atoms with van der Waals surface area (Å²) in [4.78, 5) is 16.9. The van der Waals surface area contributed by atoms with Gasteiger partial charge in [-0.3, -0.25) is 4.79 Å². The topological polar surface area (TPSA) is 120 Å². The molecule has 7 nitrogen and oxygen atoms in total. The molecule has 0 bridgehead atoms. The van der Waals surface area contributed by atoms with Gasteiger partial charge in [-0.05, 0) is 60.7 Å². The van der Waals surface area contributed by atoms with Gasteiger partial charge in [-0.1, -0.05) is 66.7 Å². The van der Waals surface area contributed by atoms with Crippen LogP contribution in [0, 0.1) is 0 Å². The number of anilines is 2. The van der Waals surface area contributed by atoms with Crippen molar-refractivity contribution in [3.63, 3.8) is 0 Å². The van der Waals surface area contributed by atoms with E-state index in [0.29, 0.717) is 30.0 Å². The highest BCUT2D eigenvalue weighted by atomic mass is 16.3. The summed E-state index contributed by atoms with van der Waals surface area (Å²) in [6.45, 7) is 4.51. The van der Waals surface area contributed by atoms with Crippen molar-refractivity contribution in [3.8, 4) is 16.9 Å². The van der Waals surface area contributed by atoms with E-state index in [1.165, 1.54) is 0 Å². The zero-order valence-corrected chi connectivity index (χ0v) is 21.7. The van der Waals surface area contributed by atoms with E-state index in [9.17, 15) is 15.0 Å². The number of nitrogens with one attached hydrogen (secondary N) is 2. The Morgan fingerprint density at radius 2 is 1.71 bits per heavy atom. The first-order valence-electron chi connectivity index (χ1n) is 12.6. The van der Waals surface area contributed by atoms with Crippen LogP contribution >= 0.6 is 0 Å². The molecule has 7 heteroatoms. The highest BCUT2D eigenvalue weighted by Gasteiger charge is 2.20. The fourth-order valence-electron chi connectivity index (χ4n) is 4.35. The molecule has 0 unspecified atom stereocenters. The van der Waals surface area contributed by atoms with Crippen molar-refractivity contribution in [2.75, 3.05) is 17.6 Å². The molecule has 196 valence electrons. The lowest BCUT2D eigenvalue weighted by atomic mass is 9.93. The molecule has 0 fully saturated rings. The van der Waals surface area contributed by atoms with Crippen molar-refractivity contribution < 1.29 is 15.0 Å². The van der Waals surface area contributed by atoms with Crippen molar-refractivity contribution in [1.82, 2.24) is 10.3 Å². The van der Waals surface area contributed by atoms with Gasteiger partial charge in [-0.25, -0.2) is 4.98 Å². The summed E-state index contributed by atoms with van der Waals surface area (Å²) in [7, 11) is 0. The van der Waals surface area contributed by atoms with Crippen LogP contribution < -0.4 is 16.4 Å². The number of nitrogen functional groups attached to an aromatic ring is 1. The van der Waals surface area contributed by atoms with Crippen molar-refractivity contribution in [2.45, 2.75) is 38.3 Å². The third-order valence-electron chi connectivity index (χ3n) is 6.35. The zero-order chi connectivity index (χ0) is 27.1. The third-order valence-corrected chi connectivity index (χ3v) is 6.35. The number of β-amino-alcohol motifs (C(OH)–C–C–N with tert-alkyl or cyclic N) is 1. The van der Waals surface area contributed by atoms with Crippen LogP contribution in [-0.4, -0.2) is 33.2 Å². The largest absolute Gasteiger partial charge is 0.506 e. The Labute approximate surface area is 223 Å². The Balaban J connectivity index is 1.35. The molecule has 0 saturated heterocycles. The minimum Gasteiger partial charge on any atom is -0.506 e. The minimum atomic E-state index is -0.700. The first kappa shape index (κ1) is 26.9. The van der Waals surface area contributed by atoms with Crippen LogP contribution in [0.1, 0.15) is 36.6 Å². The number of hydrogen-bond donors (Lipinski definition) is 5. The molecule has 0 saturated carbocycles. The molecule has 0 radical (unpaired) electrons. The minimum absolute atomic E-state index is 0.0246. The number of aliphatic hydroxyl groups is 1. The summed E-state index contributed by atoms with van der Waals surface area (Å²) < 4.78 is 0. The van der Waals surface area contributed by atoms with E-state index in [-0.39, 0.29) is 23.6 Å². The average molecular weight is 511 g/mol. The van der Waals surface area contributed by atoms with E-state index in [4.69, 9.17) is 5.73 Å². The number of carbonyl (C=O) groups excluding carboxylic acids is 1. The predicted molar refractivity (Wildman–Crippen MR) is 152 cm³/mol. The van der Waals surface area contributed by atoms with Crippen LogP contribution in [0.4, 0.5) is 11.5 Å². The quantitative estimate of drug-likeness (QED) is 0.194. The Morgan fingerprint density at radius 1 is 0.947 bits per heavy atom. The molecule has 1 atom stereocenters. The van der Waals surface area contributed by atoms with Crippen LogP contribution in [0.15, 0.2) is 91.1 Å². The van der Waals surface area contributed by atoms with Gasteiger partial charge in [0, 0.05) is 23.8 Å². The number of carbonyl (C=O) groups is 1. The van der Waals surface area contributed by atoms with E-state index in [1.807, 2.05) is 60.7 Å². The first-order chi connectivity index (χ1) is 18.2. The number of amides is 1. The number of nitrogens with two attached hydrogens (primary N) is 1. The molecule has 1 aromatic heterocycles. The Bertz CT molecular complexity index is 1370. The van der Waals surface area contributed by atoms with Crippen LogP contribution in [0.2, 0.25) is 0 Å². The summed E-state index contributed by atoms with van der Waals surface area (Å²) in [5.74, 6) is 0.233. The summed E-state index contributed by atoms with van der Waals surface area (Å²) >= 11 is 0. The molecule has 4 rings (SSSR count). The highest BCUT2D eigenvalue weighted by Crippen LogP contribution is 2.30. The Hall–Kier alpha value is -4.20. The van der Waals surface area contributed by atoms with Gasteiger partial charge in [-0.2, -0.15) is 0 Å². The van der Waals surface area contributed by atoms with Crippen molar-refractivity contribution in [1.29, 1.82) is 0 Å². The van der Waals surface area contributed by atoms with Gasteiger partial charge in [0.15, 0.2) is 0 Å². The number of hydrogen-bond acceptors (Lipinski definition) is 6. The molecule has 1 heterocycles. The van der Waals surface area contributed by atoms with E-state index in [2.05, 4.69) is 29.5 Å². The van der Waals surface area contributed by atoms with E-state index in [1.54, 1.807) is 30.5 Å². The van der Waals surface area contributed by atoms with Crippen molar-refractivity contribution in [3.05, 3.63) is 108 Å². The number of aromatic nitrogens is 1. The second-order valence-corrected chi connectivity index (χ2v) is 10.1. The van der Waals surface area contributed by atoms with Gasteiger partial charge in [0.1, 0.15) is 11.6 Å². The maximum atomic E-state index is 12.8. The Kier molecular flexibility index (Phi) is 8.41. The molecule has 0 aliphatic carbocycles. The molecule has 0 spiro atoms. The summed E-state index contributed by atoms with van der Waals surface area (Å²) in [5, 5.41) is 27.1. The third kappa shape index (κ3) is 7.41. The smallest absolute Gasteiger partial charge is 0.228 e. The lowest BCUT2D eigenvalue weighted by Gasteiger charge is -2.28. The summed E-state index contributed by atoms with van der Waals surface area (Å²) in [5.41, 5.74) is 10.3. The fraction of sp³-hybridized carbons (Fsp3) is 0.226. The van der Waals surface area contributed by atoms with Crippen LogP contribution in [0.5, 0.6) is 5.75 Å². The SMILES string of the molecule is CC(C)(Cc1cccc(CC(=O)Nc2cc(-c3ccccc3)ccc2O)c1)NC[C@H](O)c1ccc(N)nc1. The van der Waals surface area contributed by atoms with Gasteiger partial charge in [0.2, 0.25) is 5.91 Å². The van der Waals surface area contributed by atoms with Gasteiger partial charge < -0.3 is 26.6 Å². The number of phenolic OH excluding ortho intramolecular Hbond substituents is 1. The number of phenols is 1. The van der Waals surface area contributed by atoms with Gasteiger partial charge in [0.25, 0.3) is 0 Å². The lowest BCUT2D eigenvalue weighted by Crippen LogP contribution is -2.43. The average Bonchev–Trinajstić information content (AvgIpc) is 2.89. The van der Waals surface area contributed by atoms with E-state index >= 15 is 0 Å². The zero-order valence-electron chi connectivity index (χ0n) is 21.7. The second-order valence-electron chi connectivity index (χ2n) is 10.1. The van der Waals surface area contributed by atoms with Crippen LogP contribution in [-0.2, 0) is 17.6 Å². The molecule has 1 amide bonds. The molecule has 0 aliphatic heterocycles. The lowest BCUT2D eigenvalue weighted by molar-refractivity contribution is -0.115. The number of benzene rings is 3. The monoisotopic (exact) mass is 510 g/mol. The molecule has 0 aliphatic rings. The number of nitrogens with zero attached hydrogens (tertiary/aromatic N) is 1. The van der Waals surface area contributed by atoms with Crippen LogP contribution in [0.25, 0.3) is 11.1 Å². The molecule has 38 heavy (non-hydrogen) atoms. The summed E-state index contributed by atoms with van der Waals surface area (Å²) in [6.07, 6.45) is 1.77. The predicted octanol–water partition coefficient (Wildman–Crippen LogP) is 4.86. The molecular weight excluding hydrogens is 476 g/mol. The van der Waals surface area contributed by atoms with E-state index < -0.39 is 6.10 Å². The summed E-state index contributed by atoms with van der Waals surface area (Å²) in [6, 6.07) is 26.4. The van der Waals surface area contributed by atoms with Gasteiger partial charge in [-0.15, -0.1) is 0 Å². The number of aromatic hydroxyl groups is 1. The molecular formula is C31H34N4O3. The van der Waals surface area contributed by atoms with Gasteiger partial charge in [0.05, 0.1) is 18.2 Å². The fourth-order valence-corrected chi connectivity index (χ4v) is 4.35. The number of aliphatic hydroxyl groups excluding tert-OH is 1. The maximum absolute atomic E-state index is 12.8. The maximum Gasteiger partial charge on any atom is 0.228 e. The Morgan fingerprint density at radius 3 is 2.45 bits per heavy atom. The number of rotatable bonds is 10. The first-order valence-corrected chi connectivity index (χ1v) is 12.6. The highest BCUT2D eigenvalue weighted by molar-refractivity contribution is 5.94. The second kappa shape index (κ2) is 11.9. The van der Waals surface area contributed by atoms with Gasteiger partial charge >= 0.3 is 0 Å².